The molecule has 0 bridgehead atoms. The van der Waals surface area contributed by atoms with Crippen molar-refractivity contribution in [2.75, 3.05) is 18.6 Å². The maximum Gasteiger partial charge on any atom is 0.227 e. The third-order valence-corrected chi connectivity index (χ3v) is 8.23. The van der Waals surface area contributed by atoms with Gasteiger partial charge in [-0.2, -0.15) is 10.1 Å². The number of aromatic nitrogens is 4. The summed E-state index contributed by atoms with van der Waals surface area (Å²) < 4.78 is 30.7. The van der Waals surface area contributed by atoms with E-state index in [1.54, 1.807) is 11.9 Å². The fourth-order valence-corrected chi connectivity index (χ4v) is 6.18. The second-order valence-electron chi connectivity index (χ2n) is 7.89. The lowest BCUT2D eigenvalue weighted by Crippen LogP contribution is -2.27. The van der Waals surface area contributed by atoms with Gasteiger partial charge in [-0.1, -0.05) is 11.2 Å². The van der Waals surface area contributed by atoms with Crippen molar-refractivity contribution in [2.24, 2.45) is 0 Å². The summed E-state index contributed by atoms with van der Waals surface area (Å²) in [6.07, 6.45) is 1.21. The van der Waals surface area contributed by atoms with Crippen LogP contribution in [0.2, 0.25) is 0 Å². The summed E-state index contributed by atoms with van der Waals surface area (Å²) in [5.74, 6) is 1.27. The Balaban J connectivity index is 1.37. The molecule has 1 unspecified atom stereocenters. The molecule has 1 aliphatic rings. The minimum atomic E-state index is -2.99. The van der Waals surface area contributed by atoms with Crippen LogP contribution in [0.25, 0.3) is 10.7 Å². The van der Waals surface area contributed by atoms with Crippen molar-refractivity contribution in [3.8, 4) is 10.7 Å². The van der Waals surface area contributed by atoms with E-state index in [4.69, 9.17) is 4.52 Å². The Hall–Kier alpha value is -2.53. The second-order valence-corrected chi connectivity index (χ2v) is 11.1. The minimum Gasteiger partial charge on any atom is -0.341 e. The molecule has 1 aliphatic heterocycles. The summed E-state index contributed by atoms with van der Waals surface area (Å²) in [6.45, 7) is 4.24. The van der Waals surface area contributed by atoms with Crippen LogP contribution in [-0.2, 0) is 27.6 Å². The molecule has 11 heteroatoms. The Labute approximate surface area is 185 Å². The van der Waals surface area contributed by atoms with E-state index in [1.165, 1.54) is 11.3 Å². The molecule has 1 fully saturated rings. The fourth-order valence-electron chi connectivity index (χ4n) is 3.84. The molecule has 3 aromatic rings. The highest BCUT2D eigenvalue weighted by molar-refractivity contribution is 7.91. The van der Waals surface area contributed by atoms with Gasteiger partial charge in [0, 0.05) is 37.7 Å². The van der Waals surface area contributed by atoms with E-state index in [0.717, 1.165) is 21.8 Å². The highest BCUT2D eigenvalue weighted by Crippen LogP contribution is 2.27. The summed E-state index contributed by atoms with van der Waals surface area (Å²) in [5.41, 5.74) is 2.69. The molecule has 0 saturated carbocycles. The molecule has 0 aromatic carbocycles. The Morgan fingerprint density at radius 1 is 1.39 bits per heavy atom. The van der Waals surface area contributed by atoms with Crippen molar-refractivity contribution in [3.05, 3.63) is 40.4 Å². The second kappa shape index (κ2) is 8.54. The Morgan fingerprint density at radius 2 is 2.19 bits per heavy atom. The van der Waals surface area contributed by atoms with E-state index in [9.17, 15) is 13.2 Å². The normalized spacial score (nSPS) is 17.8. The average Bonchev–Trinajstić information content (AvgIpc) is 3.50. The topological polar surface area (TPSA) is 111 Å². The zero-order chi connectivity index (χ0) is 22.2. The molecule has 9 nitrogen and oxygen atoms in total. The lowest BCUT2D eigenvalue weighted by atomic mass is 10.1. The third kappa shape index (κ3) is 4.72. The van der Waals surface area contributed by atoms with Gasteiger partial charge in [0.2, 0.25) is 17.6 Å². The minimum absolute atomic E-state index is 0.0362. The molecule has 1 amide bonds. The number of thiophene rings is 1. The summed E-state index contributed by atoms with van der Waals surface area (Å²) >= 11 is 1.53. The first-order chi connectivity index (χ1) is 14.7. The van der Waals surface area contributed by atoms with Crippen LogP contribution in [0.4, 0.5) is 0 Å². The maximum absolute atomic E-state index is 12.7. The van der Waals surface area contributed by atoms with Gasteiger partial charge in [0.25, 0.3) is 0 Å². The Morgan fingerprint density at radius 3 is 2.87 bits per heavy atom. The third-order valence-electron chi connectivity index (χ3n) is 5.61. The molecule has 1 saturated heterocycles. The van der Waals surface area contributed by atoms with E-state index >= 15 is 0 Å². The van der Waals surface area contributed by atoms with Crippen LogP contribution >= 0.6 is 11.3 Å². The quantitative estimate of drug-likeness (QED) is 0.529. The lowest BCUT2D eigenvalue weighted by molar-refractivity contribution is -0.130. The van der Waals surface area contributed by atoms with Crippen LogP contribution in [0.15, 0.2) is 22.0 Å². The van der Waals surface area contributed by atoms with Gasteiger partial charge in [-0.25, -0.2) is 8.42 Å². The summed E-state index contributed by atoms with van der Waals surface area (Å²) in [7, 11) is -1.24. The average molecular weight is 464 g/mol. The van der Waals surface area contributed by atoms with Gasteiger partial charge >= 0.3 is 0 Å². The number of hydrogen-bond donors (Lipinski definition) is 0. The van der Waals surface area contributed by atoms with Crippen LogP contribution in [-0.4, -0.2) is 57.7 Å². The van der Waals surface area contributed by atoms with Crippen molar-refractivity contribution in [1.29, 1.82) is 0 Å². The van der Waals surface area contributed by atoms with Crippen LogP contribution in [0.5, 0.6) is 0 Å². The Bertz CT molecular complexity index is 1180. The van der Waals surface area contributed by atoms with Crippen molar-refractivity contribution in [3.63, 3.8) is 0 Å². The van der Waals surface area contributed by atoms with Crippen LogP contribution in [0.1, 0.15) is 41.7 Å². The molecule has 31 heavy (non-hydrogen) atoms. The smallest absolute Gasteiger partial charge is 0.227 e. The van der Waals surface area contributed by atoms with Gasteiger partial charge in [-0.05, 0) is 31.7 Å². The number of carbonyl (C=O) groups is 1. The number of amides is 1. The molecule has 1 atom stereocenters. The van der Waals surface area contributed by atoms with Crippen LogP contribution in [0, 0.1) is 13.8 Å². The van der Waals surface area contributed by atoms with Gasteiger partial charge in [-0.3, -0.25) is 9.48 Å². The lowest BCUT2D eigenvalue weighted by Gasteiger charge is -2.18. The van der Waals surface area contributed by atoms with Crippen molar-refractivity contribution in [2.45, 2.75) is 45.7 Å². The summed E-state index contributed by atoms with van der Waals surface area (Å²) in [6, 6.07) is 3.71. The van der Waals surface area contributed by atoms with Gasteiger partial charge < -0.3 is 9.42 Å². The first-order valence-corrected chi connectivity index (χ1v) is 12.8. The van der Waals surface area contributed by atoms with E-state index in [2.05, 4.69) is 15.2 Å². The molecule has 0 radical (unpaired) electrons. The number of hydrogen-bond acceptors (Lipinski definition) is 8. The number of nitrogens with zero attached hydrogens (tertiary/aromatic N) is 5. The Kier molecular flexibility index (Phi) is 5.98. The summed E-state index contributed by atoms with van der Waals surface area (Å²) in [5, 5.41) is 10.5. The van der Waals surface area contributed by atoms with Crippen LogP contribution in [0.3, 0.4) is 0 Å². The molecule has 4 heterocycles. The SMILES string of the molecule is Cc1nn(C2CCS(=O)(=O)C2)c(C)c1CN(C)C(=O)CCc1nc(-c2cccs2)no1. The van der Waals surface area contributed by atoms with Crippen molar-refractivity contribution in [1.82, 2.24) is 24.8 Å². The first-order valence-electron chi connectivity index (χ1n) is 10.1. The molecular formula is C20H25N5O4S2. The number of rotatable bonds is 7. The zero-order valence-corrected chi connectivity index (χ0v) is 19.4. The molecule has 0 aliphatic carbocycles. The van der Waals surface area contributed by atoms with Gasteiger partial charge in [0.05, 0.1) is 28.1 Å². The van der Waals surface area contributed by atoms with E-state index in [0.29, 0.717) is 31.1 Å². The highest BCUT2D eigenvalue weighted by Gasteiger charge is 2.31. The largest absolute Gasteiger partial charge is 0.341 e. The number of carbonyl (C=O) groups excluding carboxylic acids is 1. The van der Waals surface area contributed by atoms with Crippen molar-refractivity contribution >= 4 is 27.1 Å². The summed E-state index contributed by atoms with van der Waals surface area (Å²) in [4.78, 5) is 19.6. The van der Waals surface area contributed by atoms with E-state index in [-0.39, 0.29) is 29.9 Å². The highest BCUT2D eigenvalue weighted by atomic mass is 32.2. The fraction of sp³-hybridized carbons (Fsp3) is 0.500. The zero-order valence-electron chi connectivity index (χ0n) is 17.7. The maximum atomic E-state index is 12.7. The van der Waals surface area contributed by atoms with Gasteiger partial charge in [0.15, 0.2) is 9.84 Å². The molecular weight excluding hydrogens is 438 g/mol. The molecule has 0 spiro atoms. The molecule has 0 N–H and O–H groups in total. The van der Waals surface area contributed by atoms with Gasteiger partial charge in [-0.15, -0.1) is 11.3 Å². The van der Waals surface area contributed by atoms with Gasteiger partial charge in [0.1, 0.15) is 0 Å². The first kappa shape index (κ1) is 21.7. The molecule has 3 aromatic heterocycles. The predicted octanol–water partition coefficient (Wildman–Crippen LogP) is 2.56. The number of aryl methyl sites for hydroxylation is 2. The monoisotopic (exact) mass is 463 g/mol. The standard InChI is InChI=1S/C20H25N5O4S2/c1-13-16(14(2)25(22-13)15-8-10-31(27,28)12-15)11-24(3)19(26)7-6-18-21-20(23-29-18)17-5-4-9-30-17/h4-5,9,15H,6-8,10-12H2,1-3H3. The molecule has 4 rings (SSSR count). The van der Waals surface area contributed by atoms with E-state index < -0.39 is 9.84 Å². The number of sulfone groups is 1. The van der Waals surface area contributed by atoms with Crippen molar-refractivity contribution < 1.29 is 17.7 Å². The molecule has 166 valence electrons. The van der Waals surface area contributed by atoms with E-state index in [1.807, 2.05) is 36.0 Å². The predicted molar refractivity (Wildman–Crippen MR) is 116 cm³/mol. The van der Waals surface area contributed by atoms with Crippen LogP contribution < -0.4 is 0 Å².